The van der Waals surface area contributed by atoms with Crippen molar-refractivity contribution >= 4 is 34.9 Å². The van der Waals surface area contributed by atoms with Crippen LogP contribution >= 0.6 is 23.4 Å². The highest BCUT2D eigenvalue weighted by Gasteiger charge is 2.28. The minimum absolute atomic E-state index is 0.0808. The molecule has 4 aromatic rings. The summed E-state index contributed by atoms with van der Waals surface area (Å²) in [4.78, 5) is 22.1. The molecule has 31 heavy (non-hydrogen) atoms. The number of halogens is 1. The zero-order valence-corrected chi connectivity index (χ0v) is 18.4. The summed E-state index contributed by atoms with van der Waals surface area (Å²) in [7, 11) is 1.64. The van der Waals surface area contributed by atoms with Gasteiger partial charge in [-0.1, -0.05) is 53.7 Å². The summed E-state index contributed by atoms with van der Waals surface area (Å²) in [5, 5.41) is 5.82. The number of ketones is 1. The van der Waals surface area contributed by atoms with E-state index in [9.17, 15) is 4.79 Å². The number of carbonyl (C=O) groups excluding carboxylic acids is 1. The van der Waals surface area contributed by atoms with Crippen LogP contribution in [0.15, 0.2) is 59.9 Å². The highest BCUT2D eigenvalue weighted by Crippen LogP contribution is 2.33. The quantitative estimate of drug-likeness (QED) is 0.399. The van der Waals surface area contributed by atoms with Crippen LogP contribution in [0.25, 0.3) is 5.78 Å². The SMILES string of the molecule is COc1ccc(C2CC(=O)c3cn4nc(SCc5ccccc5Cl)nc4nc3C2)cc1. The predicted molar refractivity (Wildman–Crippen MR) is 120 cm³/mol. The van der Waals surface area contributed by atoms with E-state index in [2.05, 4.69) is 15.1 Å². The summed E-state index contributed by atoms with van der Waals surface area (Å²) in [5.41, 5.74) is 3.54. The van der Waals surface area contributed by atoms with Crippen LogP contribution in [-0.4, -0.2) is 32.5 Å². The third-order valence-electron chi connectivity index (χ3n) is 5.46. The molecule has 8 heteroatoms. The third-order valence-corrected chi connectivity index (χ3v) is 6.72. The maximum absolute atomic E-state index is 12.8. The lowest BCUT2D eigenvalue weighted by Crippen LogP contribution is -2.21. The lowest BCUT2D eigenvalue weighted by Gasteiger charge is -2.23. The Balaban J connectivity index is 1.39. The molecule has 0 N–H and O–H groups in total. The molecular weight excluding hydrogens is 432 g/mol. The van der Waals surface area contributed by atoms with Crippen molar-refractivity contribution in [3.8, 4) is 5.75 Å². The van der Waals surface area contributed by atoms with Crippen molar-refractivity contribution in [2.24, 2.45) is 0 Å². The Kier molecular flexibility index (Phi) is 5.38. The molecule has 0 radical (unpaired) electrons. The van der Waals surface area contributed by atoms with Gasteiger partial charge in [0.15, 0.2) is 5.78 Å². The minimum Gasteiger partial charge on any atom is -0.497 e. The number of hydrogen-bond acceptors (Lipinski definition) is 6. The Morgan fingerprint density at radius 2 is 1.94 bits per heavy atom. The van der Waals surface area contributed by atoms with Crippen LogP contribution in [0.5, 0.6) is 5.75 Å². The zero-order chi connectivity index (χ0) is 21.4. The van der Waals surface area contributed by atoms with Crippen molar-refractivity contribution < 1.29 is 9.53 Å². The molecule has 2 aromatic carbocycles. The van der Waals surface area contributed by atoms with E-state index in [0.29, 0.717) is 35.1 Å². The van der Waals surface area contributed by atoms with Crippen LogP contribution in [0, 0.1) is 0 Å². The normalized spacial score (nSPS) is 15.8. The van der Waals surface area contributed by atoms with Gasteiger partial charge in [-0.15, -0.1) is 5.10 Å². The van der Waals surface area contributed by atoms with Crippen molar-refractivity contribution in [2.45, 2.75) is 29.7 Å². The number of Topliss-reactive ketones (excluding diaryl/α,β-unsaturated/α-hetero) is 1. The van der Waals surface area contributed by atoms with Gasteiger partial charge in [0.1, 0.15) is 5.75 Å². The van der Waals surface area contributed by atoms with Gasteiger partial charge in [-0.3, -0.25) is 4.79 Å². The van der Waals surface area contributed by atoms with Gasteiger partial charge < -0.3 is 4.74 Å². The number of fused-ring (bicyclic) bond motifs is 2. The number of hydrogen-bond donors (Lipinski definition) is 0. The number of rotatable bonds is 5. The summed E-state index contributed by atoms with van der Waals surface area (Å²) < 4.78 is 6.83. The van der Waals surface area contributed by atoms with Crippen LogP contribution in [0.4, 0.5) is 0 Å². The Labute approximate surface area is 188 Å². The summed E-state index contributed by atoms with van der Waals surface area (Å²) in [6.45, 7) is 0. The second-order valence-electron chi connectivity index (χ2n) is 7.42. The molecule has 1 unspecified atom stereocenters. The van der Waals surface area contributed by atoms with Crippen LogP contribution in [0.3, 0.4) is 0 Å². The fourth-order valence-electron chi connectivity index (χ4n) is 3.80. The van der Waals surface area contributed by atoms with Gasteiger partial charge in [-0.05, 0) is 41.7 Å². The average molecular weight is 451 g/mol. The number of nitrogens with zero attached hydrogens (tertiary/aromatic N) is 4. The molecule has 2 heterocycles. The first-order chi connectivity index (χ1) is 15.1. The molecule has 2 aromatic heterocycles. The molecule has 1 aliphatic carbocycles. The van der Waals surface area contributed by atoms with Gasteiger partial charge in [0.2, 0.25) is 5.16 Å². The summed E-state index contributed by atoms with van der Waals surface area (Å²) >= 11 is 7.73. The number of aromatic nitrogens is 4. The molecule has 0 saturated heterocycles. The van der Waals surface area contributed by atoms with E-state index in [-0.39, 0.29) is 11.7 Å². The molecule has 1 aliphatic rings. The molecule has 5 rings (SSSR count). The van der Waals surface area contributed by atoms with E-state index < -0.39 is 0 Å². The van der Waals surface area contributed by atoms with Gasteiger partial charge in [-0.2, -0.15) is 4.98 Å². The molecule has 156 valence electrons. The summed E-state index contributed by atoms with van der Waals surface area (Å²) in [6.07, 6.45) is 2.91. The number of thioether (sulfide) groups is 1. The number of ether oxygens (including phenoxy) is 1. The maximum Gasteiger partial charge on any atom is 0.253 e. The number of benzene rings is 2. The number of carbonyl (C=O) groups is 1. The van der Waals surface area contributed by atoms with Gasteiger partial charge in [0.25, 0.3) is 5.78 Å². The standard InChI is InChI=1S/C23H19ClN4O2S/c1-30-17-8-6-14(7-9-17)16-10-20-18(21(29)11-16)12-28-22(25-20)26-23(27-28)31-13-15-4-2-3-5-19(15)24/h2-9,12,16H,10-11,13H2,1H3. The minimum atomic E-state index is 0.0808. The van der Waals surface area contributed by atoms with Crippen LogP contribution in [0.2, 0.25) is 5.02 Å². The Hall–Kier alpha value is -2.90. The van der Waals surface area contributed by atoms with E-state index in [4.69, 9.17) is 16.3 Å². The second kappa shape index (κ2) is 8.32. The second-order valence-corrected chi connectivity index (χ2v) is 8.77. The van der Waals surface area contributed by atoms with Gasteiger partial charge in [0.05, 0.1) is 18.4 Å². The van der Waals surface area contributed by atoms with E-state index in [1.54, 1.807) is 17.8 Å². The first-order valence-electron chi connectivity index (χ1n) is 9.90. The average Bonchev–Trinajstić information content (AvgIpc) is 3.19. The lowest BCUT2D eigenvalue weighted by atomic mass is 9.82. The van der Waals surface area contributed by atoms with Crippen LogP contribution in [-0.2, 0) is 12.2 Å². The molecule has 0 bridgehead atoms. The van der Waals surface area contributed by atoms with Gasteiger partial charge in [0, 0.05) is 23.4 Å². The molecule has 0 spiro atoms. The molecule has 1 atom stereocenters. The van der Waals surface area contributed by atoms with Crippen molar-refractivity contribution in [3.63, 3.8) is 0 Å². The molecule has 0 saturated carbocycles. The largest absolute Gasteiger partial charge is 0.497 e. The molecular formula is C23H19ClN4O2S. The van der Waals surface area contributed by atoms with Crippen molar-refractivity contribution in [1.82, 2.24) is 19.6 Å². The van der Waals surface area contributed by atoms with Crippen LogP contribution < -0.4 is 4.74 Å². The molecule has 0 aliphatic heterocycles. The fraction of sp³-hybridized carbons (Fsp3) is 0.217. The van der Waals surface area contributed by atoms with Gasteiger partial charge in [-0.25, -0.2) is 9.50 Å². The van der Waals surface area contributed by atoms with E-state index in [1.807, 2.05) is 48.5 Å². The van der Waals surface area contributed by atoms with E-state index in [1.165, 1.54) is 11.8 Å². The maximum atomic E-state index is 12.8. The smallest absolute Gasteiger partial charge is 0.253 e. The zero-order valence-electron chi connectivity index (χ0n) is 16.8. The lowest BCUT2D eigenvalue weighted by molar-refractivity contribution is 0.0962. The third kappa shape index (κ3) is 4.03. The summed E-state index contributed by atoms with van der Waals surface area (Å²) in [5.74, 6) is 2.14. The molecule has 0 amide bonds. The van der Waals surface area contributed by atoms with Crippen molar-refractivity contribution in [3.05, 3.63) is 82.1 Å². The van der Waals surface area contributed by atoms with E-state index in [0.717, 1.165) is 27.6 Å². The topological polar surface area (TPSA) is 69.4 Å². The predicted octanol–water partition coefficient (Wildman–Crippen LogP) is 4.99. The van der Waals surface area contributed by atoms with Crippen molar-refractivity contribution in [1.29, 1.82) is 0 Å². The van der Waals surface area contributed by atoms with Crippen molar-refractivity contribution in [2.75, 3.05) is 7.11 Å². The Morgan fingerprint density at radius 3 is 2.71 bits per heavy atom. The summed E-state index contributed by atoms with van der Waals surface area (Å²) in [6, 6.07) is 15.6. The molecule has 0 fully saturated rings. The highest BCUT2D eigenvalue weighted by atomic mass is 35.5. The van der Waals surface area contributed by atoms with Gasteiger partial charge >= 0.3 is 0 Å². The monoisotopic (exact) mass is 450 g/mol. The van der Waals surface area contributed by atoms with E-state index >= 15 is 0 Å². The number of methoxy groups -OCH3 is 1. The first kappa shape index (κ1) is 20.0. The Morgan fingerprint density at radius 1 is 1.13 bits per heavy atom. The Bertz CT molecular complexity index is 1270. The molecule has 6 nitrogen and oxygen atoms in total. The fourth-order valence-corrected chi connectivity index (χ4v) is 4.91. The highest BCUT2D eigenvalue weighted by molar-refractivity contribution is 7.98. The van der Waals surface area contributed by atoms with Crippen LogP contribution in [0.1, 0.15) is 39.5 Å². The first-order valence-corrected chi connectivity index (χ1v) is 11.3.